The summed E-state index contributed by atoms with van der Waals surface area (Å²) in [6, 6.07) is -0.248. The highest BCUT2D eigenvalue weighted by molar-refractivity contribution is 5.79. The zero-order valence-electron chi connectivity index (χ0n) is 4.64. The van der Waals surface area contributed by atoms with Crippen molar-refractivity contribution in [3.05, 3.63) is 11.9 Å². The van der Waals surface area contributed by atoms with Crippen LogP contribution in [0.5, 0.6) is 0 Å². The SMILES string of the molecule is CCC1=C[N]C(=O)N1. The smallest absolute Gasteiger partial charge is 0.308 e. The first-order valence-electron chi connectivity index (χ1n) is 2.54. The molecule has 0 unspecified atom stereocenters. The summed E-state index contributed by atoms with van der Waals surface area (Å²) in [5.41, 5.74) is 0.898. The first-order valence-corrected chi connectivity index (χ1v) is 2.54. The second-order valence-corrected chi connectivity index (χ2v) is 1.57. The third kappa shape index (κ3) is 0.804. The number of nitrogens with one attached hydrogen (secondary N) is 1. The van der Waals surface area contributed by atoms with Gasteiger partial charge in [0.1, 0.15) is 0 Å². The topological polar surface area (TPSA) is 43.2 Å². The summed E-state index contributed by atoms with van der Waals surface area (Å²) in [5, 5.41) is 6.04. The molecule has 1 radical (unpaired) electrons. The molecule has 0 saturated heterocycles. The summed E-state index contributed by atoms with van der Waals surface area (Å²) in [7, 11) is 0. The molecule has 1 aliphatic heterocycles. The number of hydrogen-bond donors (Lipinski definition) is 1. The van der Waals surface area contributed by atoms with Gasteiger partial charge in [0.15, 0.2) is 0 Å². The van der Waals surface area contributed by atoms with Crippen molar-refractivity contribution < 1.29 is 4.79 Å². The van der Waals surface area contributed by atoms with E-state index in [1.807, 2.05) is 6.92 Å². The fourth-order valence-electron chi connectivity index (χ4n) is 0.518. The van der Waals surface area contributed by atoms with E-state index < -0.39 is 0 Å². The molecule has 43 valence electrons. The third-order valence-corrected chi connectivity index (χ3v) is 0.986. The minimum atomic E-state index is -0.248. The van der Waals surface area contributed by atoms with E-state index in [-0.39, 0.29) is 6.03 Å². The zero-order chi connectivity index (χ0) is 5.98. The van der Waals surface area contributed by atoms with Gasteiger partial charge in [-0.15, -0.1) is 0 Å². The van der Waals surface area contributed by atoms with Gasteiger partial charge in [0.25, 0.3) is 0 Å². The highest BCUT2D eigenvalue weighted by Gasteiger charge is 2.08. The minimum Gasteiger partial charge on any atom is -0.308 e. The van der Waals surface area contributed by atoms with Crippen LogP contribution in [0.4, 0.5) is 4.79 Å². The highest BCUT2D eigenvalue weighted by Crippen LogP contribution is 1.98. The Balaban J connectivity index is 2.49. The standard InChI is InChI=1S/C5H7N2O/c1-2-4-3-6-5(8)7-4/h3H,2H2,1H3,(H,7,8). The van der Waals surface area contributed by atoms with Crippen LogP contribution >= 0.6 is 0 Å². The van der Waals surface area contributed by atoms with Gasteiger partial charge in [0, 0.05) is 5.70 Å². The van der Waals surface area contributed by atoms with Crippen molar-refractivity contribution in [2.75, 3.05) is 0 Å². The van der Waals surface area contributed by atoms with Gasteiger partial charge in [-0.05, 0) is 6.42 Å². The second-order valence-electron chi connectivity index (χ2n) is 1.57. The van der Waals surface area contributed by atoms with Crippen molar-refractivity contribution in [1.82, 2.24) is 10.6 Å². The van der Waals surface area contributed by atoms with Crippen LogP contribution in [0.2, 0.25) is 0 Å². The molecule has 0 atom stereocenters. The van der Waals surface area contributed by atoms with Crippen LogP contribution in [0.3, 0.4) is 0 Å². The van der Waals surface area contributed by atoms with Gasteiger partial charge in [-0.2, -0.15) is 5.32 Å². The Labute approximate surface area is 47.8 Å². The molecule has 8 heavy (non-hydrogen) atoms. The molecule has 3 nitrogen and oxygen atoms in total. The van der Waals surface area contributed by atoms with Gasteiger partial charge in [0.05, 0.1) is 6.20 Å². The maximum atomic E-state index is 10.3. The Hall–Kier alpha value is -0.990. The highest BCUT2D eigenvalue weighted by atomic mass is 16.2. The lowest BCUT2D eigenvalue weighted by molar-refractivity contribution is 0.248. The average molecular weight is 111 g/mol. The largest absolute Gasteiger partial charge is 0.345 e. The van der Waals surface area contributed by atoms with E-state index in [1.54, 1.807) is 6.20 Å². The number of rotatable bonds is 1. The Bertz CT molecular complexity index is 139. The van der Waals surface area contributed by atoms with E-state index in [2.05, 4.69) is 10.6 Å². The van der Waals surface area contributed by atoms with Crippen LogP contribution in [0.25, 0.3) is 0 Å². The molecule has 2 amide bonds. The van der Waals surface area contributed by atoms with Gasteiger partial charge < -0.3 is 5.32 Å². The van der Waals surface area contributed by atoms with Gasteiger partial charge >= 0.3 is 6.03 Å². The fraction of sp³-hybridized carbons (Fsp3) is 0.400. The summed E-state index contributed by atoms with van der Waals surface area (Å²) in [6.45, 7) is 1.97. The molecule has 1 aliphatic rings. The molecule has 1 N–H and O–H groups in total. The van der Waals surface area contributed by atoms with Crippen molar-refractivity contribution >= 4 is 6.03 Å². The lowest BCUT2D eigenvalue weighted by atomic mass is 10.4. The van der Waals surface area contributed by atoms with Crippen LogP contribution in [-0.4, -0.2) is 6.03 Å². The van der Waals surface area contributed by atoms with E-state index >= 15 is 0 Å². The normalized spacial score (nSPS) is 17.1. The number of allylic oxidation sites excluding steroid dienone is 1. The summed E-state index contributed by atoms with van der Waals surface area (Å²) in [5.74, 6) is 0. The molecule has 3 heteroatoms. The van der Waals surface area contributed by atoms with Crippen LogP contribution in [0.15, 0.2) is 11.9 Å². The van der Waals surface area contributed by atoms with Crippen molar-refractivity contribution in [3.8, 4) is 0 Å². The van der Waals surface area contributed by atoms with E-state index in [0.29, 0.717) is 0 Å². The van der Waals surface area contributed by atoms with Crippen LogP contribution in [0, 0.1) is 0 Å². The van der Waals surface area contributed by atoms with Crippen LogP contribution < -0.4 is 10.6 Å². The van der Waals surface area contributed by atoms with Crippen molar-refractivity contribution in [1.29, 1.82) is 0 Å². The van der Waals surface area contributed by atoms with Crippen molar-refractivity contribution in [2.24, 2.45) is 0 Å². The quantitative estimate of drug-likeness (QED) is 0.528. The second kappa shape index (κ2) is 1.86. The molecule has 0 aromatic carbocycles. The third-order valence-electron chi connectivity index (χ3n) is 0.986. The van der Waals surface area contributed by atoms with E-state index in [9.17, 15) is 4.79 Å². The molecule has 0 fully saturated rings. The Morgan fingerprint density at radius 3 is 2.88 bits per heavy atom. The predicted octanol–water partition coefficient (Wildman–Crippen LogP) is 0.565. The monoisotopic (exact) mass is 111 g/mol. The molecule has 0 aromatic heterocycles. The molecule has 0 saturated carbocycles. The maximum Gasteiger partial charge on any atom is 0.345 e. The first-order chi connectivity index (χ1) is 3.83. The minimum absolute atomic E-state index is 0.248. The number of carbonyl (C=O) groups excluding carboxylic acids is 1. The molecule has 0 bridgehead atoms. The van der Waals surface area contributed by atoms with Gasteiger partial charge in [-0.1, -0.05) is 6.92 Å². The van der Waals surface area contributed by atoms with Gasteiger partial charge in [-0.3, -0.25) is 0 Å². The summed E-state index contributed by atoms with van der Waals surface area (Å²) in [4.78, 5) is 10.3. The van der Waals surface area contributed by atoms with Gasteiger partial charge in [-0.25, -0.2) is 4.79 Å². The zero-order valence-corrected chi connectivity index (χ0v) is 4.64. The van der Waals surface area contributed by atoms with Crippen LogP contribution in [0.1, 0.15) is 13.3 Å². The van der Waals surface area contributed by atoms with Crippen LogP contribution in [-0.2, 0) is 0 Å². The molecule has 0 aliphatic carbocycles. The Morgan fingerprint density at radius 2 is 2.62 bits per heavy atom. The molecule has 0 spiro atoms. The Morgan fingerprint density at radius 1 is 1.88 bits per heavy atom. The molecular formula is C5H7N2O. The van der Waals surface area contributed by atoms with E-state index in [0.717, 1.165) is 12.1 Å². The summed E-state index contributed by atoms with van der Waals surface area (Å²) in [6.07, 6.45) is 2.40. The lowest BCUT2D eigenvalue weighted by Gasteiger charge is -1.91. The van der Waals surface area contributed by atoms with E-state index in [1.165, 1.54) is 0 Å². The predicted molar refractivity (Wildman–Crippen MR) is 29.0 cm³/mol. The van der Waals surface area contributed by atoms with Crippen molar-refractivity contribution in [2.45, 2.75) is 13.3 Å². The number of urea groups is 1. The molecule has 1 heterocycles. The average Bonchev–Trinajstić information content (AvgIpc) is 2.14. The fourth-order valence-corrected chi connectivity index (χ4v) is 0.518. The lowest BCUT2D eigenvalue weighted by Crippen LogP contribution is -2.17. The number of hydrogen-bond acceptors (Lipinski definition) is 1. The number of amides is 2. The first kappa shape index (κ1) is 5.15. The van der Waals surface area contributed by atoms with Gasteiger partial charge in [0.2, 0.25) is 0 Å². The summed E-state index contributed by atoms with van der Waals surface area (Å²) >= 11 is 0. The summed E-state index contributed by atoms with van der Waals surface area (Å²) < 4.78 is 0. The molecule has 0 aromatic rings. The Kier molecular flexibility index (Phi) is 1.20. The maximum absolute atomic E-state index is 10.3. The molecule has 1 rings (SSSR count). The van der Waals surface area contributed by atoms with Crippen molar-refractivity contribution in [3.63, 3.8) is 0 Å². The molecular weight excluding hydrogens is 104 g/mol. The number of nitrogens with zero attached hydrogens (tertiary/aromatic N) is 1. The number of carbonyl (C=O) groups is 1. The van der Waals surface area contributed by atoms with E-state index in [4.69, 9.17) is 0 Å².